The van der Waals surface area contributed by atoms with E-state index in [1.807, 2.05) is 55.5 Å². The molecule has 9 nitrogen and oxygen atoms in total. The van der Waals surface area contributed by atoms with Crippen LogP contribution in [0.15, 0.2) is 48.5 Å². The number of tetrazole rings is 1. The fourth-order valence-electron chi connectivity index (χ4n) is 3.69. The summed E-state index contributed by atoms with van der Waals surface area (Å²) in [6.07, 6.45) is 0.572. The number of carbonyl (C=O) groups excluding carboxylic acids is 1. The van der Waals surface area contributed by atoms with Crippen molar-refractivity contribution in [2.75, 3.05) is 7.11 Å². The van der Waals surface area contributed by atoms with Crippen LogP contribution >= 0.6 is 0 Å². The Kier molecular flexibility index (Phi) is 5.58. The van der Waals surface area contributed by atoms with Crippen molar-refractivity contribution in [3.63, 3.8) is 0 Å². The minimum atomic E-state index is -1.30. The number of nitrogens with one attached hydrogen (secondary N) is 1. The van der Waals surface area contributed by atoms with Crippen molar-refractivity contribution < 1.29 is 14.6 Å². The zero-order valence-corrected chi connectivity index (χ0v) is 18.3. The molecule has 0 aliphatic heterocycles. The highest BCUT2D eigenvalue weighted by Gasteiger charge is 2.32. The monoisotopic (exact) mass is 432 g/mol. The Hall–Kier alpha value is -3.85. The molecule has 0 aliphatic rings. The number of benzene rings is 2. The van der Waals surface area contributed by atoms with E-state index in [9.17, 15) is 9.90 Å². The van der Waals surface area contributed by atoms with Crippen LogP contribution in [0.5, 0.6) is 0 Å². The fraction of sp³-hybridized carbons (Fsp3) is 0.261. The van der Waals surface area contributed by atoms with Gasteiger partial charge in [0.05, 0.1) is 7.11 Å². The lowest BCUT2D eigenvalue weighted by Gasteiger charge is -2.17. The molecule has 0 spiro atoms. The largest absolute Gasteiger partial charge is 0.464 e. The number of hydrogen-bond donors (Lipinski definition) is 2. The lowest BCUT2D eigenvalue weighted by atomic mass is 9.99. The van der Waals surface area contributed by atoms with Crippen molar-refractivity contribution in [3.05, 3.63) is 65.7 Å². The Balaban J connectivity index is 1.83. The number of rotatable bonds is 6. The highest BCUT2D eigenvalue weighted by atomic mass is 16.5. The number of H-pyrrole nitrogens is 1. The average Bonchev–Trinajstić information content (AvgIpc) is 3.46. The molecular formula is C23H24N6O3. The van der Waals surface area contributed by atoms with E-state index in [-0.39, 0.29) is 11.4 Å². The van der Waals surface area contributed by atoms with Crippen LogP contribution in [0.4, 0.5) is 0 Å². The molecule has 0 amide bonds. The van der Waals surface area contributed by atoms with Gasteiger partial charge in [-0.05, 0) is 42.3 Å². The first-order valence-corrected chi connectivity index (χ1v) is 10.2. The van der Waals surface area contributed by atoms with Gasteiger partial charge < -0.3 is 9.84 Å². The molecule has 0 fully saturated rings. The van der Waals surface area contributed by atoms with Crippen LogP contribution in [0, 0.1) is 0 Å². The zero-order valence-electron chi connectivity index (χ0n) is 18.3. The number of hydrogen-bond acceptors (Lipinski definition) is 7. The first kappa shape index (κ1) is 21.4. The SMILES string of the molecule is CCc1nc(C(C)(C)O)c(C(=O)OC)n1-c1ccc(-c2ccccc2-c2nn[nH]n2)cc1. The summed E-state index contributed by atoms with van der Waals surface area (Å²) in [5.74, 6) is 0.610. The number of nitrogens with zero attached hydrogens (tertiary/aromatic N) is 5. The number of aromatic nitrogens is 6. The van der Waals surface area contributed by atoms with Crippen LogP contribution in [0.1, 0.15) is 42.8 Å². The summed E-state index contributed by atoms with van der Waals surface area (Å²) in [4.78, 5) is 17.2. The summed E-state index contributed by atoms with van der Waals surface area (Å²) in [6.45, 7) is 5.15. The van der Waals surface area contributed by atoms with Gasteiger partial charge in [-0.3, -0.25) is 4.57 Å². The predicted molar refractivity (Wildman–Crippen MR) is 118 cm³/mol. The van der Waals surface area contributed by atoms with E-state index in [1.165, 1.54) is 7.11 Å². The summed E-state index contributed by atoms with van der Waals surface area (Å²) in [6, 6.07) is 15.5. The summed E-state index contributed by atoms with van der Waals surface area (Å²) in [5, 5.41) is 24.9. The van der Waals surface area contributed by atoms with Crippen molar-refractivity contribution in [1.29, 1.82) is 0 Å². The van der Waals surface area contributed by atoms with Crippen LogP contribution in [-0.4, -0.2) is 48.4 Å². The molecule has 4 rings (SSSR count). The van der Waals surface area contributed by atoms with Crippen molar-refractivity contribution in [3.8, 4) is 28.2 Å². The van der Waals surface area contributed by atoms with Gasteiger partial charge >= 0.3 is 5.97 Å². The molecule has 0 radical (unpaired) electrons. The van der Waals surface area contributed by atoms with Crippen molar-refractivity contribution in [1.82, 2.24) is 30.2 Å². The van der Waals surface area contributed by atoms with Gasteiger partial charge in [0.2, 0.25) is 5.82 Å². The normalized spacial score (nSPS) is 11.5. The van der Waals surface area contributed by atoms with Gasteiger partial charge in [-0.15, -0.1) is 10.2 Å². The van der Waals surface area contributed by atoms with E-state index in [2.05, 4.69) is 25.6 Å². The minimum absolute atomic E-state index is 0.219. The highest BCUT2D eigenvalue weighted by molar-refractivity contribution is 5.90. The molecule has 2 aromatic carbocycles. The second-order valence-electron chi connectivity index (χ2n) is 7.79. The predicted octanol–water partition coefficient (Wildman–Crippen LogP) is 3.30. The average molecular weight is 432 g/mol. The Morgan fingerprint density at radius 3 is 2.38 bits per heavy atom. The first-order valence-electron chi connectivity index (χ1n) is 10.2. The molecular weight excluding hydrogens is 408 g/mol. The van der Waals surface area contributed by atoms with E-state index < -0.39 is 11.6 Å². The number of ether oxygens (including phenoxy) is 1. The molecule has 9 heteroatoms. The number of aromatic amines is 1. The maximum absolute atomic E-state index is 12.7. The van der Waals surface area contributed by atoms with Crippen molar-refractivity contribution in [2.45, 2.75) is 32.8 Å². The van der Waals surface area contributed by atoms with E-state index in [0.29, 0.717) is 18.1 Å². The van der Waals surface area contributed by atoms with Crippen LogP contribution in [0.25, 0.3) is 28.2 Å². The summed E-state index contributed by atoms with van der Waals surface area (Å²) >= 11 is 0. The minimum Gasteiger partial charge on any atom is -0.464 e. The molecule has 2 N–H and O–H groups in total. The molecule has 2 aromatic heterocycles. The van der Waals surface area contributed by atoms with Crippen LogP contribution < -0.4 is 0 Å². The second kappa shape index (κ2) is 8.35. The Morgan fingerprint density at radius 1 is 1.12 bits per heavy atom. The van der Waals surface area contributed by atoms with Gasteiger partial charge in [-0.1, -0.05) is 43.3 Å². The summed E-state index contributed by atoms with van der Waals surface area (Å²) in [5.41, 5.74) is 2.70. The second-order valence-corrected chi connectivity index (χ2v) is 7.79. The number of esters is 1. The van der Waals surface area contributed by atoms with E-state index in [1.54, 1.807) is 18.4 Å². The number of aryl methyl sites for hydroxylation is 1. The summed E-state index contributed by atoms with van der Waals surface area (Å²) in [7, 11) is 1.32. The third kappa shape index (κ3) is 3.78. The van der Waals surface area contributed by atoms with Crippen LogP contribution in [-0.2, 0) is 16.8 Å². The van der Waals surface area contributed by atoms with Crippen LogP contribution in [0.2, 0.25) is 0 Å². The van der Waals surface area contributed by atoms with Gasteiger partial charge in [0.15, 0.2) is 5.69 Å². The van der Waals surface area contributed by atoms with Crippen molar-refractivity contribution in [2.24, 2.45) is 0 Å². The molecule has 2 heterocycles. The molecule has 0 saturated carbocycles. The number of aliphatic hydroxyl groups is 1. The third-order valence-corrected chi connectivity index (χ3v) is 5.17. The number of imidazole rings is 1. The molecule has 4 aromatic rings. The molecule has 0 bridgehead atoms. The van der Waals surface area contributed by atoms with Gasteiger partial charge in [-0.2, -0.15) is 5.21 Å². The smallest absolute Gasteiger partial charge is 0.357 e. The number of methoxy groups -OCH3 is 1. The van der Waals surface area contributed by atoms with E-state index >= 15 is 0 Å². The maximum Gasteiger partial charge on any atom is 0.357 e. The van der Waals surface area contributed by atoms with E-state index in [4.69, 9.17) is 4.74 Å². The molecule has 0 saturated heterocycles. The summed E-state index contributed by atoms with van der Waals surface area (Å²) < 4.78 is 6.75. The van der Waals surface area contributed by atoms with E-state index in [0.717, 1.165) is 22.4 Å². The van der Waals surface area contributed by atoms with Crippen molar-refractivity contribution >= 4 is 5.97 Å². The first-order chi connectivity index (χ1) is 15.3. The van der Waals surface area contributed by atoms with Crippen LogP contribution in [0.3, 0.4) is 0 Å². The quantitative estimate of drug-likeness (QED) is 0.449. The Labute approximate surface area is 185 Å². The highest BCUT2D eigenvalue weighted by Crippen LogP contribution is 2.32. The fourth-order valence-corrected chi connectivity index (χ4v) is 3.69. The Morgan fingerprint density at radius 2 is 1.81 bits per heavy atom. The molecule has 0 aliphatic carbocycles. The lowest BCUT2D eigenvalue weighted by Crippen LogP contribution is -2.22. The lowest BCUT2D eigenvalue weighted by molar-refractivity contribution is 0.0535. The standard InChI is InChI=1S/C23H24N6O3/c1-5-18-24-20(23(2,3)31)19(22(30)32-4)29(18)15-12-10-14(11-13-15)16-8-6-7-9-17(16)21-25-27-28-26-21/h6-13,31H,5H2,1-4H3,(H,25,26,27,28). The molecule has 0 atom stereocenters. The number of carbonyl (C=O) groups is 1. The zero-order chi connectivity index (χ0) is 22.9. The van der Waals surface area contributed by atoms with Gasteiger partial charge in [0.25, 0.3) is 0 Å². The molecule has 32 heavy (non-hydrogen) atoms. The van der Waals surface area contributed by atoms with Gasteiger partial charge in [0.1, 0.15) is 17.1 Å². The molecule has 0 unspecified atom stereocenters. The maximum atomic E-state index is 12.7. The van der Waals surface area contributed by atoms with Gasteiger partial charge in [0, 0.05) is 17.7 Å². The van der Waals surface area contributed by atoms with Gasteiger partial charge in [-0.25, -0.2) is 9.78 Å². The third-order valence-electron chi connectivity index (χ3n) is 5.17. The molecule has 164 valence electrons. The topological polar surface area (TPSA) is 119 Å². The Bertz CT molecular complexity index is 1240.